The molecule has 0 amide bonds. The smallest absolute Gasteiger partial charge is 0.406 e. The Bertz CT molecular complexity index is 1550. The van der Waals surface area contributed by atoms with E-state index in [1.807, 2.05) is 7.05 Å². The van der Waals surface area contributed by atoms with Crippen molar-refractivity contribution in [1.29, 1.82) is 0 Å². The Labute approximate surface area is 224 Å². The molecule has 0 spiro atoms. The van der Waals surface area contributed by atoms with Gasteiger partial charge in [-0.3, -0.25) is 0 Å². The zero-order chi connectivity index (χ0) is 28.5. The van der Waals surface area contributed by atoms with Crippen LogP contribution in [-0.4, -0.2) is 64.1 Å². The van der Waals surface area contributed by atoms with Crippen LogP contribution < -0.4 is 15.8 Å². The van der Waals surface area contributed by atoms with Gasteiger partial charge in [0.05, 0.1) is 35.1 Å². The van der Waals surface area contributed by atoms with Gasteiger partial charge >= 0.3 is 6.18 Å². The van der Waals surface area contributed by atoms with E-state index >= 15 is 4.39 Å². The van der Waals surface area contributed by atoms with Crippen molar-refractivity contribution < 1.29 is 30.7 Å². The van der Waals surface area contributed by atoms with Crippen LogP contribution in [0.5, 0.6) is 5.75 Å². The number of fused-ring (bicyclic) bond motifs is 1. The van der Waals surface area contributed by atoms with Gasteiger partial charge in [-0.25, -0.2) is 12.8 Å². The molecule has 0 aliphatic carbocycles. The predicted molar refractivity (Wildman–Crippen MR) is 143 cm³/mol. The van der Waals surface area contributed by atoms with Crippen LogP contribution in [-0.2, 0) is 16.4 Å². The van der Waals surface area contributed by atoms with Gasteiger partial charge in [0.15, 0.2) is 15.7 Å². The van der Waals surface area contributed by atoms with Crippen molar-refractivity contribution in [2.75, 3.05) is 51.1 Å². The fourth-order valence-electron chi connectivity index (χ4n) is 4.89. The first-order valence-corrected chi connectivity index (χ1v) is 14.2. The lowest BCUT2D eigenvalue weighted by Crippen LogP contribution is -2.29. The molecule has 0 saturated carbocycles. The number of halogens is 4. The third-order valence-corrected chi connectivity index (χ3v) is 8.03. The maximum Gasteiger partial charge on any atom is 0.406 e. The summed E-state index contributed by atoms with van der Waals surface area (Å²) < 4.78 is 85.7. The summed E-state index contributed by atoms with van der Waals surface area (Å²) in [7, 11) is -0.0691. The maximum absolute atomic E-state index is 15.7. The number of nitrogens with two attached hydrogens (primary N) is 1. The molecule has 3 N–H and O–H groups in total. The fourth-order valence-corrected chi connectivity index (χ4v) is 5.53. The molecule has 1 fully saturated rings. The average Bonchev–Trinajstić information content (AvgIpc) is 3.12. The van der Waals surface area contributed by atoms with Gasteiger partial charge in [0.25, 0.3) is 0 Å². The standard InChI is InChI=1S/C27H30F4N4O3S/c1-34-13-10-17(11-14-34)19-7-9-21-24(26(19)32)25(28)22(35(21)16-27(29,30)31)5-4-12-33-20-8-6-18(39(3,36)37)15-23(20)38-2/h6-9,15,17,33H,10-14,16,32H2,1-3H3. The highest BCUT2D eigenvalue weighted by atomic mass is 32.2. The molecule has 1 aliphatic rings. The van der Waals surface area contributed by atoms with Crippen LogP contribution in [0.15, 0.2) is 35.2 Å². The number of aromatic nitrogens is 1. The fraction of sp³-hybridized carbons (Fsp3) is 0.407. The molecule has 3 aromatic rings. The van der Waals surface area contributed by atoms with Gasteiger partial charge in [-0.15, -0.1) is 0 Å². The number of likely N-dealkylation sites (tertiary alicyclic amines) is 1. The first-order chi connectivity index (χ1) is 18.3. The number of hydrogen-bond donors (Lipinski definition) is 2. The second-order valence-corrected chi connectivity index (χ2v) is 11.7. The molecular weight excluding hydrogens is 536 g/mol. The van der Waals surface area contributed by atoms with Gasteiger partial charge in [0.2, 0.25) is 0 Å². The van der Waals surface area contributed by atoms with E-state index in [-0.39, 0.29) is 39.7 Å². The molecule has 2 aromatic carbocycles. The molecule has 12 heteroatoms. The molecule has 1 saturated heterocycles. The number of sulfone groups is 1. The summed E-state index contributed by atoms with van der Waals surface area (Å²) in [4.78, 5) is 2.25. The summed E-state index contributed by atoms with van der Waals surface area (Å²) in [6, 6.07) is 7.41. The molecule has 210 valence electrons. The number of nitrogen functional groups attached to an aromatic ring is 1. The lowest BCUT2D eigenvalue weighted by Gasteiger charge is -2.30. The third kappa shape index (κ3) is 6.25. The lowest BCUT2D eigenvalue weighted by molar-refractivity contribution is -0.140. The van der Waals surface area contributed by atoms with Gasteiger partial charge in [-0.1, -0.05) is 12.0 Å². The second kappa shape index (κ2) is 11.0. The zero-order valence-electron chi connectivity index (χ0n) is 21.8. The van der Waals surface area contributed by atoms with Crippen LogP contribution in [0.1, 0.15) is 30.0 Å². The molecule has 4 rings (SSSR count). The van der Waals surface area contributed by atoms with E-state index in [4.69, 9.17) is 10.5 Å². The number of methoxy groups -OCH3 is 1. The highest BCUT2D eigenvalue weighted by Gasteiger charge is 2.32. The van der Waals surface area contributed by atoms with Crippen LogP contribution in [0.25, 0.3) is 10.9 Å². The summed E-state index contributed by atoms with van der Waals surface area (Å²) >= 11 is 0. The summed E-state index contributed by atoms with van der Waals surface area (Å²) in [5, 5.41) is 2.88. The quantitative estimate of drug-likeness (QED) is 0.257. The monoisotopic (exact) mass is 566 g/mol. The summed E-state index contributed by atoms with van der Waals surface area (Å²) in [6.45, 7) is 0.215. The number of nitrogens with zero attached hydrogens (tertiary/aromatic N) is 2. The second-order valence-electron chi connectivity index (χ2n) is 9.69. The van der Waals surface area contributed by atoms with Crippen molar-refractivity contribution in [2.24, 2.45) is 0 Å². The largest absolute Gasteiger partial charge is 0.495 e. The van der Waals surface area contributed by atoms with Crippen molar-refractivity contribution in [3.05, 3.63) is 47.4 Å². The topological polar surface area (TPSA) is 89.6 Å². The Hall–Kier alpha value is -3.43. The summed E-state index contributed by atoms with van der Waals surface area (Å²) in [6.07, 6.45) is -1.89. The van der Waals surface area contributed by atoms with Gasteiger partial charge in [0.1, 0.15) is 18.0 Å². The highest BCUT2D eigenvalue weighted by molar-refractivity contribution is 7.90. The van der Waals surface area contributed by atoms with Gasteiger partial charge in [0, 0.05) is 18.0 Å². The summed E-state index contributed by atoms with van der Waals surface area (Å²) in [5.74, 6) is 4.67. The van der Waals surface area contributed by atoms with E-state index in [1.54, 1.807) is 6.07 Å². The molecule has 39 heavy (non-hydrogen) atoms. The Balaban J connectivity index is 1.68. The Morgan fingerprint density at radius 1 is 1.18 bits per heavy atom. The predicted octanol–water partition coefficient (Wildman–Crippen LogP) is 4.61. The van der Waals surface area contributed by atoms with E-state index in [2.05, 4.69) is 22.1 Å². The molecule has 1 aromatic heterocycles. The van der Waals surface area contributed by atoms with Crippen molar-refractivity contribution in [2.45, 2.75) is 36.4 Å². The van der Waals surface area contributed by atoms with Crippen molar-refractivity contribution in [3.8, 4) is 17.6 Å². The highest BCUT2D eigenvalue weighted by Crippen LogP contribution is 2.39. The number of ether oxygens (including phenoxy) is 1. The molecule has 2 heterocycles. The summed E-state index contributed by atoms with van der Waals surface area (Å²) in [5.41, 5.74) is 7.31. The van der Waals surface area contributed by atoms with Crippen molar-refractivity contribution in [1.82, 2.24) is 9.47 Å². The molecule has 0 unspecified atom stereocenters. The number of piperidine rings is 1. The Morgan fingerprint density at radius 3 is 2.49 bits per heavy atom. The number of rotatable bonds is 6. The van der Waals surface area contributed by atoms with E-state index in [9.17, 15) is 21.6 Å². The average molecular weight is 567 g/mol. The Kier molecular flexibility index (Phi) is 8.04. The third-order valence-electron chi connectivity index (χ3n) is 6.92. The number of benzene rings is 2. The van der Waals surface area contributed by atoms with Crippen LogP contribution in [0.4, 0.5) is 28.9 Å². The first kappa shape index (κ1) is 28.6. The minimum absolute atomic E-state index is 0.0364. The first-order valence-electron chi connectivity index (χ1n) is 12.3. The maximum atomic E-state index is 15.7. The molecule has 1 aliphatic heterocycles. The number of alkyl halides is 3. The van der Waals surface area contributed by atoms with Crippen LogP contribution in [0, 0.1) is 17.7 Å². The van der Waals surface area contributed by atoms with Crippen LogP contribution in [0.2, 0.25) is 0 Å². The van der Waals surface area contributed by atoms with Gasteiger partial charge in [-0.05, 0) is 68.6 Å². The van der Waals surface area contributed by atoms with Crippen LogP contribution >= 0.6 is 0 Å². The minimum atomic E-state index is -4.61. The van der Waals surface area contributed by atoms with E-state index in [1.165, 1.54) is 31.4 Å². The molecule has 0 radical (unpaired) electrons. The van der Waals surface area contributed by atoms with E-state index in [0.29, 0.717) is 5.69 Å². The SMILES string of the molecule is COc1cc(S(C)(=O)=O)ccc1NCC#Cc1c(F)c2c(N)c(C3CCN(C)CC3)ccc2n1CC(F)(F)F. The number of hydrogen-bond acceptors (Lipinski definition) is 6. The molecule has 0 atom stereocenters. The van der Waals surface area contributed by atoms with Crippen molar-refractivity contribution in [3.63, 3.8) is 0 Å². The van der Waals surface area contributed by atoms with Gasteiger partial charge in [-0.2, -0.15) is 13.2 Å². The van der Waals surface area contributed by atoms with Gasteiger partial charge < -0.3 is 25.3 Å². The minimum Gasteiger partial charge on any atom is -0.495 e. The molecular formula is C27H30F4N4O3S. The normalized spacial score (nSPS) is 15.3. The van der Waals surface area contributed by atoms with E-state index < -0.39 is 34.1 Å². The molecule has 7 nitrogen and oxygen atoms in total. The van der Waals surface area contributed by atoms with Crippen LogP contribution in [0.3, 0.4) is 0 Å². The molecule has 0 bridgehead atoms. The Morgan fingerprint density at radius 2 is 1.87 bits per heavy atom. The number of nitrogens with one attached hydrogen (secondary N) is 1. The number of anilines is 2. The lowest BCUT2D eigenvalue weighted by atomic mass is 9.87. The van der Waals surface area contributed by atoms with E-state index in [0.717, 1.165) is 42.3 Å². The van der Waals surface area contributed by atoms with Crippen molar-refractivity contribution >= 4 is 32.1 Å². The zero-order valence-corrected chi connectivity index (χ0v) is 22.6.